The maximum Gasteiger partial charge on any atom is 0.250 e. The average Bonchev–Trinajstić information content (AvgIpc) is 2.38. The highest BCUT2D eigenvalue weighted by Gasteiger charge is 2.28. The second-order valence-electron chi connectivity index (χ2n) is 3.64. The van der Waals surface area contributed by atoms with Gasteiger partial charge in [-0.2, -0.15) is 15.0 Å². The van der Waals surface area contributed by atoms with Crippen LogP contribution in [0.25, 0.3) is 0 Å². The van der Waals surface area contributed by atoms with Gasteiger partial charge in [-0.15, -0.1) is 0 Å². The van der Waals surface area contributed by atoms with E-state index in [0.29, 0.717) is 38.2 Å². The van der Waals surface area contributed by atoms with Crippen molar-refractivity contribution in [3.63, 3.8) is 0 Å². The Morgan fingerprint density at radius 3 is 1.70 bits per heavy atom. The minimum absolute atomic E-state index is 0.0392. The Bertz CT molecular complexity index is 388. The van der Waals surface area contributed by atoms with Gasteiger partial charge >= 0.3 is 0 Å². The molecule has 0 aliphatic carbocycles. The minimum atomic E-state index is -1.72. The molecule has 0 atom stereocenters. The number of nitrogens with zero attached hydrogens (tertiary/aromatic N) is 3. The molecular weight excluding hydrogens is 329 g/mol. The Morgan fingerprint density at radius 2 is 1.35 bits per heavy atom. The van der Waals surface area contributed by atoms with Gasteiger partial charge in [-0.3, -0.25) is 0 Å². The number of ether oxygens (including phenoxy) is 2. The van der Waals surface area contributed by atoms with Gasteiger partial charge < -0.3 is 20.1 Å². The number of nitrogens with one attached hydrogen (secondary N) is 2. The first-order chi connectivity index (χ1) is 9.47. The van der Waals surface area contributed by atoms with Crippen molar-refractivity contribution in [1.82, 2.24) is 15.0 Å². The maximum atomic E-state index is 5.80. The third kappa shape index (κ3) is 6.23. The highest BCUT2D eigenvalue weighted by atomic mass is 35.6. The predicted octanol–water partition coefficient (Wildman–Crippen LogP) is 1.81. The molecule has 0 saturated heterocycles. The number of rotatable bonds is 8. The van der Waals surface area contributed by atoms with Crippen LogP contribution in [0.3, 0.4) is 0 Å². The topological polar surface area (TPSA) is 81.2 Å². The van der Waals surface area contributed by atoms with Crippen LogP contribution in [0.1, 0.15) is 5.82 Å². The molecule has 1 rings (SSSR count). The molecule has 0 bridgehead atoms. The summed E-state index contributed by atoms with van der Waals surface area (Å²) in [7, 11) is 3.19. The van der Waals surface area contributed by atoms with Crippen LogP contribution in [0.15, 0.2) is 0 Å². The molecule has 7 nitrogen and oxygen atoms in total. The van der Waals surface area contributed by atoms with E-state index in [4.69, 9.17) is 44.3 Å². The molecular formula is C10H16Cl3N5O2. The van der Waals surface area contributed by atoms with E-state index >= 15 is 0 Å². The molecule has 114 valence electrons. The number of methoxy groups -OCH3 is 2. The molecule has 0 unspecified atom stereocenters. The van der Waals surface area contributed by atoms with E-state index in [2.05, 4.69) is 25.6 Å². The van der Waals surface area contributed by atoms with Crippen molar-refractivity contribution >= 4 is 46.7 Å². The van der Waals surface area contributed by atoms with Crippen LogP contribution >= 0.6 is 34.8 Å². The van der Waals surface area contributed by atoms with Gasteiger partial charge in [0.15, 0.2) is 5.82 Å². The Morgan fingerprint density at radius 1 is 0.900 bits per heavy atom. The fourth-order valence-corrected chi connectivity index (χ4v) is 1.44. The van der Waals surface area contributed by atoms with Crippen molar-refractivity contribution in [2.75, 3.05) is 51.2 Å². The number of halogens is 3. The van der Waals surface area contributed by atoms with Crippen molar-refractivity contribution in [2.45, 2.75) is 3.79 Å². The van der Waals surface area contributed by atoms with E-state index in [0.717, 1.165) is 0 Å². The highest BCUT2D eigenvalue weighted by molar-refractivity contribution is 6.66. The monoisotopic (exact) mass is 343 g/mol. The van der Waals surface area contributed by atoms with Crippen LogP contribution in [0, 0.1) is 0 Å². The van der Waals surface area contributed by atoms with E-state index in [1.807, 2.05) is 0 Å². The molecule has 1 heterocycles. The summed E-state index contributed by atoms with van der Waals surface area (Å²) in [5.74, 6) is 0.647. The second kappa shape index (κ2) is 8.63. The first-order valence-electron chi connectivity index (χ1n) is 5.76. The fourth-order valence-electron chi connectivity index (χ4n) is 1.19. The highest BCUT2D eigenvalue weighted by Crippen LogP contribution is 2.36. The lowest BCUT2D eigenvalue weighted by atomic mass is 10.6. The summed E-state index contributed by atoms with van der Waals surface area (Å²) in [6, 6.07) is 0. The lowest BCUT2D eigenvalue weighted by molar-refractivity contribution is 0.210. The Labute approximate surface area is 132 Å². The van der Waals surface area contributed by atoms with Gasteiger partial charge in [0.05, 0.1) is 13.2 Å². The summed E-state index contributed by atoms with van der Waals surface area (Å²) in [5, 5.41) is 5.91. The fraction of sp³-hybridized carbons (Fsp3) is 0.700. The molecule has 0 amide bonds. The molecule has 1 aromatic heterocycles. The van der Waals surface area contributed by atoms with Gasteiger partial charge in [0, 0.05) is 27.3 Å². The van der Waals surface area contributed by atoms with Crippen molar-refractivity contribution in [3.05, 3.63) is 5.82 Å². The summed E-state index contributed by atoms with van der Waals surface area (Å²) in [6.07, 6.45) is 0. The van der Waals surface area contributed by atoms with Gasteiger partial charge in [-0.05, 0) is 0 Å². The third-order valence-electron chi connectivity index (χ3n) is 2.07. The third-order valence-corrected chi connectivity index (χ3v) is 2.57. The van der Waals surface area contributed by atoms with Crippen LogP contribution in [-0.4, -0.2) is 55.5 Å². The van der Waals surface area contributed by atoms with E-state index in [1.54, 1.807) is 14.2 Å². The molecule has 0 aliphatic heterocycles. The first-order valence-corrected chi connectivity index (χ1v) is 6.89. The van der Waals surface area contributed by atoms with Crippen LogP contribution < -0.4 is 10.6 Å². The number of aromatic nitrogens is 3. The molecule has 0 radical (unpaired) electrons. The summed E-state index contributed by atoms with van der Waals surface area (Å²) in [6.45, 7) is 2.05. The SMILES string of the molecule is COCCNc1nc(NCCOC)nc(C(Cl)(Cl)Cl)n1. The summed E-state index contributed by atoms with van der Waals surface area (Å²) < 4.78 is 8.13. The summed E-state index contributed by atoms with van der Waals surface area (Å²) in [4.78, 5) is 12.3. The smallest absolute Gasteiger partial charge is 0.250 e. The Balaban J connectivity index is 2.84. The van der Waals surface area contributed by atoms with Gasteiger partial charge in [0.1, 0.15) is 0 Å². The molecule has 0 aliphatic rings. The lowest BCUT2D eigenvalue weighted by Crippen LogP contribution is -2.18. The maximum absolute atomic E-state index is 5.80. The molecule has 20 heavy (non-hydrogen) atoms. The number of hydrogen-bond donors (Lipinski definition) is 2. The zero-order valence-electron chi connectivity index (χ0n) is 11.1. The molecule has 0 saturated carbocycles. The van der Waals surface area contributed by atoms with Crippen molar-refractivity contribution < 1.29 is 9.47 Å². The van der Waals surface area contributed by atoms with Crippen LogP contribution in [0.4, 0.5) is 11.9 Å². The average molecular weight is 345 g/mol. The van der Waals surface area contributed by atoms with E-state index in [-0.39, 0.29) is 5.82 Å². The van der Waals surface area contributed by atoms with Gasteiger partial charge in [-0.25, -0.2) is 0 Å². The quantitative estimate of drug-likeness (QED) is 0.550. The molecule has 0 aromatic carbocycles. The normalized spacial score (nSPS) is 11.4. The van der Waals surface area contributed by atoms with Gasteiger partial charge in [0.2, 0.25) is 15.7 Å². The van der Waals surface area contributed by atoms with Crippen LogP contribution in [0.2, 0.25) is 0 Å². The van der Waals surface area contributed by atoms with E-state index < -0.39 is 3.79 Å². The van der Waals surface area contributed by atoms with Crippen LogP contribution in [-0.2, 0) is 13.3 Å². The van der Waals surface area contributed by atoms with Crippen molar-refractivity contribution in [2.24, 2.45) is 0 Å². The Kier molecular flexibility index (Phi) is 7.53. The van der Waals surface area contributed by atoms with Crippen molar-refractivity contribution in [1.29, 1.82) is 0 Å². The largest absolute Gasteiger partial charge is 0.383 e. The first kappa shape index (κ1) is 17.5. The minimum Gasteiger partial charge on any atom is -0.383 e. The molecule has 2 N–H and O–H groups in total. The molecule has 0 spiro atoms. The van der Waals surface area contributed by atoms with Crippen LogP contribution in [0.5, 0.6) is 0 Å². The number of anilines is 2. The second-order valence-corrected chi connectivity index (χ2v) is 5.92. The lowest BCUT2D eigenvalue weighted by Gasteiger charge is -2.13. The zero-order chi connectivity index (χ0) is 15.0. The van der Waals surface area contributed by atoms with E-state index in [9.17, 15) is 0 Å². The Hall–Kier alpha value is -0.600. The number of alkyl halides is 3. The van der Waals surface area contributed by atoms with Gasteiger partial charge in [-0.1, -0.05) is 34.8 Å². The standard InChI is InChI=1S/C10H16Cl3N5O2/c1-19-5-3-14-8-16-7(10(11,12)13)17-9(18-8)15-4-6-20-2/h3-6H2,1-2H3,(H2,14,15,16,17,18). The molecule has 1 aromatic rings. The summed E-state index contributed by atoms with van der Waals surface area (Å²) in [5.41, 5.74) is 0. The summed E-state index contributed by atoms with van der Waals surface area (Å²) >= 11 is 17.4. The van der Waals surface area contributed by atoms with E-state index in [1.165, 1.54) is 0 Å². The molecule has 0 fully saturated rings. The zero-order valence-corrected chi connectivity index (χ0v) is 13.4. The molecule has 10 heteroatoms. The predicted molar refractivity (Wildman–Crippen MR) is 79.8 cm³/mol. The number of hydrogen-bond acceptors (Lipinski definition) is 7. The van der Waals surface area contributed by atoms with Gasteiger partial charge in [0.25, 0.3) is 0 Å². The van der Waals surface area contributed by atoms with Crippen molar-refractivity contribution in [3.8, 4) is 0 Å².